The number of amides is 1. The second-order valence-corrected chi connectivity index (χ2v) is 6.22. The van der Waals surface area contributed by atoms with Crippen molar-refractivity contribution in [2.45, 2.75) is 13.1 Å². The fraction of sp³-hybridized carbons (Fsp3) is 0.368. The molecule has 1 aromatic rings. The van der Waals surface area contributed by atoms with E-state index in [0.717, 1.165) is 6.08 Å². The molecule has 0 radical (unpaired) electrons. The lowest BCUT2D eigenvalue weighted by molar-refractivity contribution is -0.140. The molecule has 1 fully saturated rings. The summed E-state index contributed by atoms with van der Waals surface area (Å²) < 4.78 is 51.0. The summed E-state index contributed by atoms with van der Waals surface area (Å²) in [7, 11) is 0. The van der Waals surface area contributed by atoms with Crippen molar-refractivity contribution in [3.05, 3.63) is 58.8 Å². The average Bonchev–Trinajstić information content (AvgIpc) is 3.10. The highest BCUT2D eigenvalue weighted by Gasteiger charge is 2.50. The molecule has 1 heterocycles. The Labute approximate surface area is 153 Å². The van der Waals surface area contributed by atoms with E-state index in [4.69, 9.17) is 9.47 Å². The zero-order chi connectivity index (χ0) is 19.6. The van der Waals surface area contributed by atoms with Gasteiger partial charge in [0.15, 0.2) is 0 Å². The molecule has 27 heavy (non-hydrogen) atoms. The summed E-state index contributed by atoms with van der Waals surface area (Å²) in [5.74, 6) is -3.29. The number of alkyl halides is 3. The molecule has 2 atom stereocenters. The number of carbonyl (C=O) groups is 2. The number of carbonyl (C=O) groups excluding carboxylic acids is 2. The maximum Gasteiger partial charge on any atom is 0.413 e. The number of esters is 1. The fourth-order valence-electron chi connectivity index (χ4n) is 3.35. The van der Waals surface area contributed by atoms with Crippen molar-refractivity contribution < 1.29 is 32.2 Å². The van der Waals surface area contributed by atoms with Crippen molar-refractivity contribution in [1.82, 2.24) is 5.32 Å². The molecule has 0 spiro atoms. The van der Waals surface area contributed by atoms with Gasteiger partial charge in [0.05, 0.1) is 31.0 Å². The predicted octanol–water partition coefficient (Wildman–Crippen LogP) is 3.00. The molecule has 144 valence electrons. The Bertz CT molecular complexity index is 799. The van der Waals surface area contributed by atoms with Crippen LogP contribution < -0.4 is 5.32 Å². The van der Waals surface area contributed by atoms with Crippen LogP contribution in [-0.4, -0.2) is 37.9 Å². The molecule has 0 saturated carbocycles. The van der Waals surface area contributed by atoms with Gasteiger partial charge in [-0.2, -0.15) is 13.2 Å². The summed E-state index contributed by atoms with van der Waals surface area (Å²) in [6.45, 7) is 1.30. The van der Waals surface area contributed by atoms with Crippen molar-refractivity contribution in [3.63, 3.8) is 0 Å². The van der Waals surface area contributed by atoms with Crippen LogP contribution >= 0.6 is 0 Å². The molecule has 1 aromatic carbocycles. The van der Waals surface area contributed by atoms with Gasteiger partial charge in [-0.15, -0.1) is 0 Å². The Kier molecular flexibility index (Phi) is 5.36. The third kappa shape index (κ3) is 3.90. The first kappa shape index (κ1) is 19.2. The molecule has 0 bridgehead atoms. The monoisotopic (exact) mass is 381 g/mol. The number of hydrogen-bond acceptors (Lipinski definition) is 4. The van der Waals surface area contributed by atoms with Crippen molar-refractivity contribution in [3.8, 4) is 0 Å². The number of nitrogens with one attached hydrogen (secondary N) is 1. The van der Waals surface area contributed by atoms with Gasteiger partial charge in [-0.05, 0) is 25.1 Å². The smallest absolute Gasteiger partial charge is 0.413 e. The third-order valence-corrected chi connectivity index (χ3v) is 4.54. The number of halogens is 3. The van der Waals surface area contributed by atoms with E-state index in [1.165, 1.54) is 6.92 Å². The molecule has 0 aromatic heterocycles. The van der Waals surface area contributed by atoms with E-state index in [-0.39, 0.29) is 25.5 Å². The summed E-state index contributed by atoms with van der Waals surface area (Å²) in [6.07, 6.45) is -3.64. The first-order valence-electron chi connectivity index (χ1n) is 8.47. The summed E-state index contributed by atoms with van der Waals surface area (Å²) >= 11 is 0. The van der Waals surface area contributed by atoms with E-state index in [9.17, 15) is 22.8 Å². The number of benzene rings is 1. The van der Waals surface area contributed by atoms with Crippen molar-refractivity contribution in [1.29, 1.82) is 0 Å². The Hall–Kier alpha value is -2.61. The number of fused-ring (bicyclic) bond motifs is 1. The highest BCUT2D eigenvalue weighted by atomic mass is 19.4. The van der Waals surface area contributed by atoms with Crippen LogP contribution in [-0.2, 0) is 14.3 Å². The van der Waals surface area contributed by atoms with Gasteiger partial charge in [-0.1, -0.05) is 18.2 Å². The molecule has 1 N–H and O–H groups in total. The zero-order valence-corrected chi connectivity index (χ0v) is 14.5. The van der Waals surface area contributed by atoms with Gasteiger partial charge >= 0.3 is 12.1 Å². The van der Waals surface area contributed by atoms with Crippen LogP contribution in [0.15, 0.2) is 53.3 Å². The predicted molar refractivity (Wildman–Crippen MR) is 89.5 cm³/mol. The second-order valence-electron chi connectivity index (χ2n) is 6.22. The fourth-order valence-corrected chi connectivity index (χ4v) is 3.35. The highest BCUT2D eigenvalue weighted by Crippen LogP contribution is 2.45. The molecular formula is C19H18F3NO4. The first-order valence-corrected chi connectivity index (χ1v) is 8.47. The van der Waals surface area contributed by atoms with Crippen LogP contribution in [0.1, 0.15) is 17.3 Å². The normalized spacial score (nSPS) is 22.1. The summed E-state index contributed by atoms with van der Waals surface area (Å²) in [5.41, 5.74) is -0.958. The molecule has 3 rings (SSSR count). The minimum Gasteiger partial charge on any atom is -0.462 e. The van der Waals surface area contributed by atoms with Crippen LogP contribution in [0.3, 0.4) is 0 Å². The van der Waals surface area contributed by atoms with E-state index in [0.29, 0.717) is 5.56 Å². The van der Waals surface area contributed by atoms with E-state index < -0.39 is 41.0 Å². The lowest BCUT2D eigenvalue weighted by Crippen LogP contribution is -2.38. The topological polar surface area (TPSA) is 64.6 Å². The zero-order valence-electron chi connectivity index (χ0n) is 14.5. The first-order chi connectivity index (χ1) is 12.8. The van der Waals surface area contributed by atoms with Gasteiger partial charge in [-0.25, -0.2) is 4.79 Å². The Morgan fingerprint density at radius 1 is 1.19 bits per heavy atom. The SMILES string of the molecule is CCOC(=O)C1=C(C(F)(F)F)[C@@H]2COC[C@@H]2C(NC(=O)c2ccccc2)=C1. The number of ether oxygens (including phenoxy) is 2. The molecule has 8 heteroatoms. The van der Waals surface area contributed by atoms with Gasteiger partial charge < -0.3 is 14.8 Å². The van der Waals surface area contributed by atoms with Gasteiger partial charge in [-0.3, -0.25) is 4.79 Å². The summed E-state index contributed by atoms with van der Waals surface area (Å²) in [6, 6.07) is 8.28. The van der Waals surface area contributed by atoms with E-state index in [2.05, 4.69) is 5.32 Å². The average molecular weight is 381 g/mol. The maximum atomic E-state index is 13.6. The van der Waals surface area contributed by atoms with Crippen LogP contribution in [0.25, 0.3) is 0 Å². The molecular weight excluding hydrogens is 363 g/mol. The summed E-state index contributed by atoms with van der Waals surface area (Å²) in [5, 5.41) is 2.64. The minimum atomic E-state index is -4.70. The van der Waals surface area contributed by atoms with Gasteiger partial charge in [0.2, 0.25) is 0 Å². The van der Waals surface area contributed by atoms with E-state index in [1.54, 1.807) is 30.3 Å². The minimum absolute atomic E-state index is 0.0290. The standard InChI is InChI=1S/C19H18F3NO4/c1-2-27-18(25)12-8-15(23-17(24)11-6-4-3-5-7-11)13-9-26-10-14(13)16(12)19(20,21)22/h3-8,13-14H,2,9-10H2,1H3,(H,23,24)/t13-,14+/m0/s1. The quantitative estimate of drug-likeness (QED) is 0.815. The van der Waals surface area contributed by atoms with Crippen LogP contribution in [0.5, 0.6) is 0 Å². The number of hydrogen-bond donors (Lipinski definition) is 1. The Morgan fingerprint density at radius 3 is 2.48 bits per heavy atom. The molecule has 1 aliphatic heterocycles. The summed E-state index contributed by atoms with van der Waals surface area (Å²) in [4.78, 5) is 24.6. The Balaban J connectivity index is 2.01. The highest BCUT2D eigenvalue weighted by molar-refractivity contribution is 5.97. The molecule has 1 amide bonds. The van der Waals surface area contributed by atoms with E-state index in [1.807, 2.05) is 0 Å². The molecule has 5 nitrogen and oxygen atoms in total. The Morgan fingerprint density at radius 2 is 1.85 bits per heavy atom. The van der Waals surface area contributed by atoms with Crippen LogP contribution in [0.2, 0.25) is 0 Å². The maximum absolute atomic E-state index is 13.6. The van der Waals surface area contributed by atoms with Crippen LogP contribution in [0.4, 0.5) is 13.2 Å². The van der Waals surface area contributed by atoms with Crippen LogP contribution in [0, 0.1) is 11.8 Å². The largest absolute Gasteiger partial charge is 0.462 e. The molecule has 1 saturated heterocycles. The third-order valence-electron chi connectivity index (χ3n) is 4.54. The molecule has 0 unspecified atom stereocenters. The lowest BCUT2D eigenvalue weighted by atomic mass is 9.78. The van der Waals surface area contributed by atoms with Crippen molar-refractivity contribution >= 4 is 11.9 Å². The molecule has 2 aliphatic rings. The van der Waals surface area contributed by atoms with Gasteiger partial charge in [0, 0.05) is 23.1 Å². The lowest BCUT2D eigenvalue weighted by Gasteiger charge is -2.30. The second kappa shape index (κ2) is 7.56. The van der Waals surface area contributed by atoms with Gasteiger partial charge in [0.1, 0.15) is 0 Å². The van der Waals surface area contributed by atoms with Gasteiger partial charge in [0.25, 0.3) is 5.91 Å². The number of rotatable bonds is 4. The van der Waals surface area contributed by atoms with Crippen molar-refractivity contribution in [2.24, 2.45) is 11.8 Å². The van der Waals surface area contributed by atoms with E-state index >= 15 is 0 Å². The van der Waals surface area contributed by atoms with Crippen molar-refractivity contribution in [2.75, 3.05) is 19.8 Å². The molecule has 1 aliphatic carbocycles.